The zero-order chi connectivity index (χ0) is 15.0. The normalized spacial score (nSPS) is 11.1. The fraction of sp³-hybridized carbons (Fsp3) is 0.375. The van der Waals surface area contributed by atoms with Crippen LogP contribution in [0.15, 0.2) is 41.6 Å². The number of hydrogen-bond acceptors (Lipinski definition) is 3. The van der Waals surface area contributed by atoms with Gasteiger partial charge in [0.05, 0.1) is 5.56 Å². The van der Waals surface area contributed by atoms with E-state index in [9.17, 15) is 4.79 Å². The topological polar surface area (TPSA) is 59.4 Å². The molecule has 0 radical (unpaired) electrons. The molecule has 1 aromatic rings. The SMILES string of the molecule is CC(C)=CCC/C(C)=C/COc1ccc(C(=O)O)cn1. The van der Waals surface area contributed by atoms with Crippen molar-refractivity contribution in [3.63, 3.8) is 0 Å². The molecule has 1 rings (SSSR count). The van der Waals surface area contributed by atoms with E-state index in [1.807, 2.05) is 6.08 Å². The third kappa shape index (κ3) is 6.18. The molecule has 1 heterocycles. The highest BCUT2D eigenvalue weighted by atomic mass is 16.5. The molecule has 0 bridgehead atoms. The first-order valence-corrected chi connectivity index (χ1v) is 6.60. The second-order valence-corrected chi connectivity index (χ2v) is 4.87. The van der Waals surface area contributed by atoms with Crippen LogP contribution in [0, 0.1) is 0 Å². The number of aromatic carboxylic acids is 1. The monoisotopic (exact) mass is 275 g/mol. The molecule has 0 aliphatic rings. The van der Waals surface area contributed by atoms with Crippen molar-refractivity contribution in [1.29, 1.82) is 0 Å². The summed E-state index contributed by atoms with van der Waals surface area (Å²) in [5, 5.41) is 8.75. The number of carboxylic acid groups (broad SMARTS) is 1. The molecule has 1 N–H and O–H groups in total. The van der Waals surface area contributed by atoms with Crippen LogP contribution in [0.3, 0.4) is 0 Å². The smallest absolute Gasteiger partial charge is 0.337 e. The summed E-state index contributed by atoms with van der Waals surface area (Å²) in [6, 6.07) is 3.05. The molecule has 0 fully saturated rings. The van der Waals surface area contributed by atoms with Crippen molar-refractivity contribution in [1.82, 2.24) is 4.98 Å². The lowest BCUT2D eigenvalue weighted by atomic mass is 10.1. The Kier molecular flexibility index (Phi) is 6.50. The summed E-state index contributed by atoms with van der Waals surface area (Å²) in [4.78, 5) is 14.6. The van der Waals surface area contributed by atoms with Gasteiger partial charge in [0, 0.05) is 12.3 Å². The van der Waals surface area contributed by atoms with Crippen LogP contribution in [0.1, 0.15) is 44.0 Å². The summed E-state index contributed by atoms with van der Waals surface area (Å²) in [5.41, 5.74) is 2.76. The molecule has 0 aromatic carbocycles. The second kappa shape index (κ2) is 8.15. The fourth-order valence-corrected chi connectivity index (χ4v) is 1.55. The minimum atomic E-state index is -0.987. The zero-order valence-corrected chi connectivity index (χ0v) is 12.2. The first-order valence-electron chi connectivity index (χ1n) is 6.60. The van der Waals surface area contributed by atoms with E-state index >= 15 is 0 Å². The molecule has 0 unspecified atom stereocenters. The van der Waals surface area contributed by atoms with Crippen LogP contribution < -0.4 is 4.74 Å². The maximum atomic E-state index is 10.7. The lowest BCUT2D eigenvalue weighted by molar-refractivity contribution is 0.0696. The first-order chi connectivity index (χ1) is 9.49. The number of rotatable bonds is 7. The van der Waals surface area contributed by atoms with Gasteiger partial charge in [-0.25, -0.2) is 9.78 Å². The van der Waals surface area contributed by atoms with Gasteiger partial charge in [-0.05, 0) is 45.8 Å². The van der Waals surface area contributed by atoms with Crippen molar-refractivity contribution in [2.45, 2.75) is 33.6 Å². The minimum Gasteiger partial charge on any atom is -0.478 e. The van der Waals surface area contributed by atoms with Crippen molar-refractivity contribution >= 4 is 5.97 Å². The summed E-state index contributed by atoms with van der Waals surface area (Å²) >= 11 is 0. The number of hydrogen-bond donors (Lipinski definition) is 1. The van der Waals surface area contributed by atoms with E-state index in [1.165, 1.54) is 23.4 Å². The van der Waals surface area contributed by atoms with Gasteiger partial charge in [-0.3, -0.25) is 0 Å². The van der Waals surface area contributed by atoms with Gasteiger partial charge in [-0.15, -0.1) is 0 Å². The van der Waals surface area contributed by atoms with Crippen LogP contribution in [0.25, 0.3) is 0 Å². The maximum absolute atomic E-state index is 10.7. The Balaban J connectivity index is 2.39. The largest absolute Gasteiger partial charge is 0.478 e. The molecule has 108 valence electrons. The molecule has 1 aromatic heterocycles. The highest BCUT2D eigenvalue weighted by Crippen LogP contribution is 2.09. The first kappa shape index (κ1) is 16.0. The van der Waals surface area contributed by atoms with Gasteiger partial charge in [0.15, 0.2) is 0 Å². The van der Waals surface area contributed by atoms with Crippen LogP contribution in [0.2, 0.25) is 0 Å². The Bertz CT molecular complexity index is 497. The third-order valence-electron chi connectivity index (χ3n) is 2.74. The van der Waals surface area contributed by atoms with E-state index in [1.54, 1.807) is 6.07 Å². The number of allylic oxidation sites excluding steroid dienone is 3. The number of carbonyl (C=O) groups is 1. The lowest BCUT2D eigenvalue weighted by Gasteiger charge is -2.03. The molecule has 4 heteroatoms. The van der Waals surface area contributed by atoms with Gasteiger partial charge in [-0.1, -0.05) is 17.2 Å². The minimum absolute atomic E-state index is 0.158. The van der Waals surface area contributed by atoms with Crippen molar-refractivity contribution < 1.29 is 14.6 Å². The summed E-state index contributed by atoms with van der Waals surface area (Å²) in [5.74, 6) is -0.553. The van der Waals surface area contributed by atoms with E-state index in [4.69, 9.17) is 9.84 Å². The van der Waals surface area contributed by atoms with Gasteiger partial charge >= 0.3 is 5.97 Å². The number of ether oxygens (including phenoxy) is 1. The van der Waals surface area contributed by atoms with Crippen LogP contribution in [0.5, 0.6) is 5.88 Å². The average molecular weight is 275 g/mol. The van der Waals surface area contributed by atoms with Gasteiger partial charge in [0.25, 0.3) is 0 Å². The fourth-order valence-electron chi connectivity index (χ4n) is 1.55. The second-order valence-electron chi connectivity index (χ2n) is 4.87. The molecular weight excluding hydrogens is 254 g/mol. The predicted octanol–water partition coefficient (Wildman–Crippen LogP) is 3.85. The Hall–Kier alpha value is -2.10. The Labute approximate surface area is 119 Å². The summed E-state index contributed by atoms with van der Waals surface area (Å²) in [7, 11) is 0. The summed E-state index contributed by atoms with van der Waals surface area (Å²) in [6.45, 7) is 6.70. The number of carboxylic acids is 1. The molecule has 0 spiro atoms. The van der Waals surface area contributed by atoms with E-state index in [0.717, 1.165) is 12.8 Å². The summed E-state index contributed by atoms with van der Waals surface area (Å²) in [6.07, 6.45) is 7.58. The molecular formula is C16H21NO3. The van der Waals surface area contributed by atoms with Crippen LogP contribution in [0.4, 0.5) is 0 Å². The highest BCUT2D eigenvalue weighted by Gasteiger charge is 2.02. The van der Waals surface area contributed by atoms with E-state index in [-0.39, 0.29) is 5.56 Å². The molecule has 0 saturated heterocycles. The zero-order valence-electron chi connectivity index (χ0n) is 12.2. The van der Waals surface area contributed by atoms with Crippen LogP contribution in [-0.4, -0.2) is 22.7 Å². The lowest BCUT2D eigenvalue weighted by Crippen LogP contribution is -2.00. The molecule has 0 saturated carbocycles. The molecule has 0 amide bonds. The quantitative estimate of drug-likeness (QED) is 0.768. The third-order valence-corrected chi connectivity index (χ3v) is 2.74. The van der Waals surface area contributed by atoms with Gasteiger partial charge in [0.2, 0.25) is 5.88 Å². The maximum Gasteiger partial charge on any atom is 0.337 e. The van der Waals surface area contributed by atoms with E-state index in [0.29, 0.717) is 12.5 Å². The van der Waals surface area contributed by atoms with Crippen LogP contribution in [-0.2, 0) is 0 Å². The predicted molar refractivity (Wildman–Crippen MR) is 79.1 cm³/mol. The van der Waals surface area contributed by atoms with E-state index < -0.39 is 5.97 Å². The van der Waals surface area contributed by atoms with Crippen molar-refractivity contribution in [3.8, 4) is 5.88 Å². The Morgan fingerprint density at radius 3 is 2.60 bits per heavy atom. The highest BCUT2D eigenvalue weighted by molar-refractivity contribution is 5.87. The van der Waals surface area contributed by atoms with Crippen LogP contribution >= 0.6 is 0 Å². The van der Waals surface area contributed by atoms with Gasteiger partial charge < -0.3 is 9.84 Å². The molecule has 20 heavy (non-hydrogen) atoms. The Morgan fingerprint density at radius 1 is 1.30 bits per heavy atom. The number of pyridine rings is 1. The van der Waals surface area contributed by atoms with Crippen molar-refractivity contribution in [2.24, 2.45) is 0 Å². The van der Waals surface area contributed by atoms with Gasteiger partial charge in [0.1, 0.15) is 6.61 Å². The van der Waals surface area contributed by atoms with E-state index in [2.05, 4.69) is 31.8 Å². The molecule has 0 aliphatic heterocycles. The standard InChI is InChI=1S/C16H21NO3/c1-12(2)5-4-6-13(3)9-10-20-15-8-7-14(11-17-15)16(18)19/h5,7-9,11H,4,6,10H2,1-3H3,(H,18,19)/b13-9+. The number of aromatic nitrogens is 1. The molecule has 0 atom stereocenters. The Morgan fingerprint density at radius 2 is 2.05 bits per heavy atom. The van der Waals surface area contributed by atoms with Crippen molar-refractivity contribution in [3.05, 3.63) is 47.2 Å². The van der Waals surface area contributed by atoms with Gasteiger partial charge in [-0.2, -0.15) is 0 Å². The summed E-state index contributed by atoms with van der Waals surface area (Å²) < 4.78 is 5.44. The van der Waals surface area contributed by atoms with Crippen molar-refractivity contribution in [2.75, 3.05) is 6.61 Å². The average Bonchev–Trinajstić information content (AvgIpc) is 2.39. The molecule has 0 aliphatic carbocycles. The number of nitrogens with zero attached hydrogens (tertiary/aromatic N) is 1. The molecule has 4 nitrogen and oxygen atoms in total.